The average Bonchev–Trinajstić information content (AvgIpc) is 2.16. The van der Waals surface area contributed by atoms with Crippen molar-refractivity contribution < 1.29 is 0 Å². The number of benzene rings is 1. The fourth-order valence-corrected chi connectivity index (χ4v) is 4.15. The second-order valence-corrected chi connectivity index (χ2v) is 6.08. The molecule has 3 heteroatoms. The molecule has 0 aliphatic carbocycles. The maximum Gasteiger partial charge on any atom is 0.0232 e. The van der Waals surface area contributed by atoms with Gasteiger partial charge in [-0.3, -0.25) is 0 Å². The summed E-state index contributed by atoms with van der Waals surface area (Å²) in [5, 5.41) is 0.896. The molecule has 1 aromatic carbocycles. The van der Waals surface area contributed by atoms with Crippen LogP contribution in [0.1, 0.15) is 11.1 Å². The molecule has 1 fully saturated rings. The molecule has 0 radical (unpaired) electrons. The SMILES string of the molecule is SCc1ccccc1CSC1CSC1. The van der Waals surface area contributed by atoms with E-state index in [0.29, 0.717) is 0 Å². The number of thioether (sulfide) groups is 2. The van der Waals surface area contributed by atoms with E-state index in [1.807, 2.05) is 0 Å². The molecule has 0 saturated carbocycles. The van der Waals surface area contributed by atoms with Gasteiger partial charge in [0.05, 0.1) is 0 Å². The molecule has 1 aliphatic heterocycles. The van der Waals surface area contributed by atoms with Crippen molar-refractivity contribution in [1.29, 1.82) is 0 Å². The fraction of sp³-hybridized carbons (Fsp3) is 0.455. The van der Waals surface area contributed by atoms with Gasteiger partial charge in [-0.25, -0.2) is 0 Å². The summed E-state index contributed by atoms with van der Waals surface area (Å²) in [7, 11) is 0. The van der Waals surface area contributed by atoms with Crippen LogP contribution in [0.4, 0.5) is 0 Å². The first-order valence-electron chi connectivity index (χ1n) is 4.77. The van der Waals surface area contributed by atoms with E-state index in [0.717, 1.165) is 16.8 Å². The Morgan fingerprint density at radius 1 is 1.29 bits per heavy atom. The fourth-order valence-electron chi connectivity index (χ4n) is 1.37. The zero-order chi connectivity index (χ0) is 9.80. The molecule has 0 N–H and O–H groups in total. The number of rotatable bonds is 4. The standard InChI is InChI=1S/C11H14S3/c12-5-9-3-1-2-4-10(9)6-14-11-7-13-8-11/h1-4,11-12H,5-8H2. The largest absolute Gasteiger partial charge is 0.175 e. The van der Waals surface area contributed by atoms with E-state index in [1.165, 1.54) is 22.6 Å². The average molecular weight is 242 g/mol. The van der Waals surface area contributed by atoms with Crippen molar-refractivity contribution in [3.05, 3.63) is 35.4 Å². The van der Waals surface area contributed by atoms with Crippen LogP contribution in [-0.2, 0) is 11.5 Å². The summed E-state index contributed by atoms with van der Waals surface area (Å²) in [4.78, 5) is 0. The van der Waals surface area contributed by atoms with Gasteiger partial charge in [0, 0.05) is 28.3 Å². The summed E-state index contributed by atoms with van der Waals surface area (Å²) in [6.07, 6.45) is 0. The lowest BCUT2D eigenvalue weighted by Crippen LogP contribution is -2.20. The lowest BCUT2D eigenvalue weighted by atomic mass is 10.1. The first kappa shape index (κ1) is 10.8. The van der Waals surface area contributed by atoms with Crippen LogP contribution in [0, 0.1) is 0 Å². The van der Waals surface area contributed by atoms with Crippen LogP contribution < -0.4 is 0 Å². The molecule has 0 amide bonds. The maximum atomic E-state index is 4.35. The Morgan fingerprint density at radius 2 is 2.00 bits per heavy atom. The van der Waals surface area contributed by atoms with Gasteiger partial charge < -0.3 is 0 Å². The van der Waals surface area contributed by atoms with E-state index in [9.17, 15) is 0 Å². The molecule has 1 saturated heterocycles. The summed E-state index contributed by atoms with van der Waals surface area (Å²) in [5.41, 5.74) is 2.85. The first-order chi connectivity index (χ1) is 6.90. The van der Waals surface area contributed by atoms with Crippen molar-refractivity contribution in [2.45, 2.75) is 16.8 Å². The molecule has 1 heterocycles. The van der Waals surface area contributed by atoms with Gasteiger partial charge >= 0.3 is 0 Å². The van der Waals surface area contributed by atoms with Gasteiger partial charge in [-0.1, -0.05) is 24.3 Å². The molecule has 14 heavy (non-hydrogen) atoms. The van der Waals surface area contributed by atoms with Gasteiger partial charge in [0.1, 0.15) is 0 Å². The first-order valence-corrected chi connectivity index (χ1v) is 7.60. The number of thiol groups is 1. The van der Waals surface area contributed by atoms with Crippen molar-refractivity contribution in [1.82, 2.24) is 0 Å². The highest BCUT2D eigenvalue weighted by atomic mass is 32.2. The summed E-state index contributed by atoms with van der Waals surface area (Å²) in [6.45, 7) is 0. The minimum atomic E-state index is 0.857. The van der Waals surface area contributed by atoms with E-state index in [2.05, 4.69) is 60.4 Å². The van der Waals surface area contributed by atoms with Gasteiger partial charge in [-0.2, -0.15) is 36.2 Å². The van der Waals surface area contributed by atoms with E-state index in [1.54, 1.807) is 0 Å². The van der Waals surface area contributed by atoms with Gasteiger partial charge in [0.15, 0.2) is 0 Å². The predicted octanol–water partition coefficient (Wildman–Crippen LogP) is 3.47. The Balaban J connectivity index is 1.93. The van der Waals surface area contributed by atoms with E-state index >= 15 is 0 Å². The highest BCUT2D eigenvalue weighted by Gasteiger charge is 2.18. The summed E-state index contributed by atoms with van der Waals surface area (Å²) < 4.78 is 0. The molecule has 0 aromatic heterocycles. The highest BCUT2D eigenvalue weighted by molar-refractivity contribution is 8.07. The molecular weight excluding hydrogens is 228 g/mol. The summed E-state index contributed by atoms with van der Waals surface area (Å²) >= 11 is 8.49. The van der Waals surface area contributed by atoms with Crippen LogP contribution in [0.2, 0.25) is 0 Å². The van der Waals surface area contributed by atoms with E-state index in [-0.39, 0.29) is 0 Å². The van der Waals surface area contributed by atoms with Gasteiger partial charge in [-0.05, 0) is 11.1 Å². The molecule has 0 bridgehead atoms. The lowest BCUT2D eigenvalue weighted by molar-refractivity contribution is 1.08. The van der Waals surface area contributed by atoms with Crippen molar-refractivity contribution in [2.24, 2.45) is 0 Å². The molecule has 1 aliphatic rings. The van der Waals surface area contributed by atoms with Crippen molar-refractivity contribution in [3.8, 4) is 0 Å². The Morgan fingerprint density at radius 3 is 2.57 bits per heavy atom. The van der Waals surface area contributed by atoms with Crippen molar-refractivity contribution in [2.75, 3.05) is 11.5 Å². The predicted molar refractivity (Wildman–Crippen MR) is 71.5 cm³/mol. The van der Waals surface area contributed by atoms with E-state index < -0.39 is 0 Å². The smallest absolute Gasteiger partial charge is 0.0232 e. The van der Waals surface area contributed by atoms with Gasteiger partial charge in [0.25, 0.3) is 0 Å². The maximum absolute atomic E-state index is 4.35. The van der Waals surface area contributed by atoms with Crippen LogP contribution in [0.5, 0.6) is 0 Å². The molecule has 0 atom stereocenters. The van der Waals surface area contributed by atoms with Crippen LogP contribution in [0.25, 0.3) is 0 Å². The Labute approximate surface area is 99.7 Å². The molecular formula is C11H14S3. The number of hydrogen-bond acceptors (Lipinski definition) is 3. The normalized spacial score (nSPS) is 16.6. The van der Waals surface area contributed by atoms with Gasteiger partial charge in [-0.15, -0.1) is 0 Å². The van der Waals surface area contributed by atoms with Crippen LogP contribution in [0.3, 0.4) is 0 Å². The summed E-state index contributed by atoms with van der Waals surface area (Å²) in [5.74, 6) is 4.69. The topological polar surface area (TPSA) is 0 Å². The minimum Gasteiger partial charge on any atom is -0.175 e. The zero-order valence-corrected chi connectivity index (χ0v) is 10.5. The van der Waals surface area contributed by atoms with Crippen molar-refractivity contribution in [3.63, 3.8) is 0 Å². The van der Waals surface area contributed by atoms with Gasteiger partial charge in [0.2, 0.25) is 0 Å². The van der Waals surface area contributed by atoms with E-state index in [4.69, 9.17) is 0 Å². The third kappa shape index (κ3) is 2.65. The Kier molecular flexibility index (Phi) is 4.14. The third-order valence-electron chi connectivity index (χ3n) is 2.37. The Bertz CT molecular complexity index is 294. The monoisotopic (exact) mass is 242 g/mol. The molecule has 0 spiro atoms. The van der Waals surface area contributed by atoms with Crippen molar-refractivity contribution >= 4 is 36.2 Å². The second-order valence-electron chi connectivity index (χ2n) is 3.40. The summed E-state index contributed by atoms with van der Waals surface area (Å²) in [6, 6.07) is 8.63. The van der Waals surface area contributed by atoms with Crippen LogP contribution in [0.15, 0.2) is 24.3 Å². The van der Waals surface area contributed by atoms with Crippen LogP contribution >= 0.6 is 36.2 Å². The zero-order valence-electron chi connectivity index (χ0n) is 7.98. The second kappa shape index (κ2) is 5.38. The quantitative estimate of drug-likeness (QED) is 0.803. The van der Waals surface area contributed by atoms with Crippen LogP contribution in [-0.4, -0.2) is 16.8 Å². The Hall–Kier alpha value is 0.270. The molecule has 76 valence electrons. The lowest BCUT2D eigenvalue weighted by Gasteiger charge is -2.24. The molecule has 0 nitrogen and oxygen atoms in total. The highest BCUT2D eigenvalue weighted by Crippen LogP contribution is 2.32. The molecule has 2 rings (SSSR count). The molecule has 1 aromatic rings. The minimum absolute atomic E-state index is 0.857. The molecule has 0 unspecified atom stereocenters. The third-order valence-corrected chi connectivity index (χ3v) is 5.69. The number of hydrogen-bond donors (Lipinski definition) is 1.